The largest absolute Gasteiger partial charge is 0.504 e. The number of carbonyl (C=O) groups is 3. The predicted octanol–water partition coefficient (Wildman–Crippen LogP) is 1.64. The summed E-state index contributed by atoms with van der Waals surface area (Å²) in [6, 6.07) is 10.7. The van der Waals surface area contributed by atoms with E-state index in [0.717, 1.165) is 4.90 Å². The highest BCUT2D eigenvalue weighted by atomic mass is 16.5. The molecule has 0 fully saturated rings. The Hall–Kier alpha value is -3.35. The number of ether oxygens (including phenoxy) is 1. The number of anilines is 1. The molecule has 0 unspecified atom stereocenters. The molecule has 24 heavy (non-hydrogen) atoms. The number of hydrogen-bond donors (Lipinski definition) is 2. The molecule has 2 aromatic carbocycles. The smallest absolute Gasteiger partial charge is 0.262 e. The molecule has 0 spiro atoms. The van der Waals surface area contributed by atoms with Crippen LogP contribution >= 0.6 is 0 Å². The molecular formula is C17H14N2O5. The molecule has 0 saturated heterocycles. The highest BCUT2D eigenvalue weighted by Gasteiger charge is 2.36. The number of methoxy groups -OCH3 is 1. The maximum Gasteiger partial charge on any atom is 0.262 e. The SMILES string of the molecule is COc1cc(NC(=O)CN2C(=O)c3ccccc3C2=O)ccc1O. The second-order valence-corrected chi connectivity index (χ2v) is 5.18. The number of imide groups is 1. The third-order valence-corrected chi connectivity index (χ3v) is 3.64. The van der Waals surface area contributed by atoms with Crippen LogP contribution in [0.1, 0.15) is 20.7 Å². The number of aromatic hydroxyl groups is 1. The third kappa shape index (κ3) is 2.67. The summed E-state index contributed by atoms with van der Waals surface area (Å²) in [7, 11) is 1.39. The van der Waals surface area contributed by atoms with Gasteiger partial charge in [0.2, 0.25) is 5.91 Å². The van der Waals surface area contributed by atoms with Crippen molar-refractivity contribution >= 4 is 23.4 Å². The van der Waals surface area contributed by atoms with Crippen molar-refractivity contribution in [3.05, 3.63) is 53.6 Å². The number of benzene rings is 2. The Morgan fingerprint density at radius 3 is 2.33 bits per heavy atom. The van der Waals surface area contributed by atoms with Gasteiger partial charge in [-0.25, -0.2) is 0 Å². The lowest BCUT2D eigenvalue weighted by Gasteiger charge is -2.14. The fourth-order valence-corrected chi connectivity index (χ4v) is 2.48. The molecule has 0 saturated carbocycles. The Kier molecular flexibility index (Phi) is 3.91. The molecule has 0 aromatic heterocycles. The normalized spacial score (nSPS) is 13.0. The van der Waals surface area contributed by atoms with Gasteiger partial charge < -0.3 is 15.2 Å². The van der Waals surface area contributed by atoms with E-state index < -0.39 is 24.3 Å². The van der Waals surface area contributed by atoms with Gasteiger partial charge in [0, 0.05) is 11.8 Å². The number of phenolic OH excluding ortho intramolecular Hbond substituents is 1. The molecule has 7 heteroatoms. The molecule has 2 N–H and O–H groups in total. The van der Waals surface area contributed by atoms with Gasteiger partial charge in [0.15, 0.2) is 11.5 Å². The van der Waals surface area contributed by atoms with Crippen molar-refractivity contribution in [3.8, 4) is 11.5 Å². The first-order valence-electron chi connectivity index (χ1n) is 7.13. The van der Waals surface area contributed by atoms with Crippen LogP contribution in [0.25, 0.3) is 0 Å². The first-order chi connectivity index (χ1) is 11.5. The van der Waals surface area contributed by atoms with Crippen LogP contribution in [0, 0.1) is 0 Å². The molecule has 1 aliphatic rings. The van der Waals surface area contributed by atoms with Crippen LogP contribution in [0.5, 0.6) is 11.5 Å². The van der Waals surface area contributed by atoms with Crippen LogP contribution in [0.3, 0.4) is 0 Å². The minimum atomic E-state index is -0.530. The Balaban J connectivity index is 1.72. The molecule has 1 heterocycles. The van der Waals surface area contributed by atoms with Gasteiger partial charge in [-0.15, -0.1) is 0 Å². The fraction of sp³-hybridized carbons (Fsp3) is 0.118. The molecule has 3 rings (SSSR count). The zero-order valence-corrected chi connectivity index (χ0v) is 12.8. The summed E-state index contributed by atoms with van der Waals surface area (Å²) in [5, 5.41) is 12.1. The summed E-state index contributed by atoms with van der Waals surface area (Å²) in [6.45, 7) is -0.393. The van der Waals surface area contributed by atoms with Crippen molar-refractivity contribution < 1.29 is 24.2 Å². The summed E-state index contributed by atoms with van der Waals surface area (Å²) in [5.41, 5.74) is 0.967. The molecule has 0 atom stereocenters. The predicted molar refractivity (Wildman–Crippen MR) is 85.1 cm³/mol. The van der Waals surface area contributed by atoms with E-state index in [2.05, 4.69) is 5.32 Å². The Bertz CT molecular complexity index is 812. The maximum absolute atomic E-state index is 12.2. The van der Waals surface area contributed by atoms with E-state index in [0.29, 0.717) is 16.8 Å². The van der Waals surface area contributed by atoms with Gasteiger partial charge in [0.1, 0.15) is 6.54 Å². The lowest BCUT2D eigenvalue weighted by molar-refractivity contribution is -0.116. The van der Waals surface area contributed by atoms with Crippen molar-refractivity contribution in [1.82, 2.24) is 4.90 Å². The molecular weight excluding hydrogens is 312 g/mol. The first-order valence-corrected chi connectivity index (χ1v) is 7.13. The lowest BCUT2D eigenvalue weighted by Crippen LogP contribution is -2.37. The van der Waals surface area contributed by atoms with Crippen LogP contribution in [0.15, 0.2) is 42.5 Å². The lowest BCUT2D eigenvalue weighted by atomic mass is 10.1. The summed E-state index contributed by atoms with van der Waals surface area (Å²) >= 11 is 0. The monoisotopic (exact) mass is 326 g/mol. The number of nitrogens with zero attached hydrogens (tertiary/aromatic N) is 1. The number of rotatable bonds is 4. The van der Waals surface area contributed by atoms with Crippen molar-refractivity contribution in [2.45, 2.75) is 0 Å². The number of hydrogen-bond acceptors (Lipinski definition) is 5. The fourth-order valence-electron chi connectivity index (χ4n) is 2.48. The number of phenols is 1. The van der Waals surface area contributed by atoms with Crippen molar-refractivity contribution in [2.75, 3.05) is 19.0 Å². The van der Waals surface area contributed by atoms with E-state index in [1.54, 1.807) is 24.3 Å². The molecule has 0 aliphatic carbocycles. The standard InChI is InChI=1S/C17H14N2O5/c1-24-14-8-10(6-7-13(14)20)18-15(21)9-19-16(22)11-4-2-3-5-12(11)17(19)23/h2-8,20H,9H2,1H3,(H,18,21). The summed E-state index contributed by atoms with van der Waals surface area (Å²) < 4.78 is 4.96. The minimum absolute atomic E-state index is 0.0594. The second-order valence-electron chi connectivity index (χ2n) is 5.18. The molecule has 2 aromatic rings. The average Bonchev–Trinajstić information content (AvgIpc) is 2.82. The molecule has 0 radical (unpaired) electrons. The number of amides is 3. The van der Waals surface area contributed by atoms with E-state index in [-0.39, 0.29) is 11.5 Å². The Labute approximate surface area is 137 Å². The van der Waals surface area contributed by atoms with E-state index in [1.807, 2.05) is 0 Å². The van der Waals surface area contributed by atoms with E-state index in [1.165, 1.54) is 25.3 Å². The minimum Gasteiger partial charge on any atom is -0.504 e. The molecule has 7 nitrogen and oxygen atoms in total. The van der Waals surface area contributed by atoms with Crippen molar-refractivity contribution in [3.63, 3.8) is 0 Å². The molecule has 1 aliphatic heterocycles. The van der Waals surface area contributed by atoms with Gasteiger partial charge in [-0.1, -0.05) is 12.1 Å². The summed E-state index contributed by atoms with van der Waals surface area (Å²) in [5.74, 6) is -1.37. The summed E-state index contributed by atoms with van der Waals surface area (Å²) in [4.78, 5) is 37.5. The van der Waals surface area contributed by atoms with Gasteiger partial charge in [-0.2, -0.15) is 0 Å². The Morgan fingerprint density at radius 2 is 1.75 bits per heavy atom. The molecule has 122 valence electrons. The van der Waals surface area contributed by atoms with Crippen molar-refractivity contribution in [1.29, 1.82) is 0 Å². The van der Waals surface area contributed by atoms with E-state index in [9.17, 15) is 19.5 Å². The van der Waals surface area contributed by atoms with Gasteiger partial charge in [-0.05, 0) is 24.3 Å². The summed E-state index contributed by atoms with van der Waals surface area (Å²) in [6.07, 6.45) is 0. The average molecular weight is 326 g/mol. The highest BCUT2D eigenvalue weighted by molar-refractivity contribution is 6.22. The van der Waals surface area contributed by atoms with E-state index in [4.69, 9.17) is 4.74 Å². The zero-order valence-electron chi connectivity index (χ0n) is 12.8. The number of fused-ring (bicyclic) bond motifs is 1. The third-order valence-electron chi connectivity index (χ3n) is 3.64. The van der Waals surface area contributed by atoms with Crippen LogP contribution in [0.4, 0.5) is 5.69 Å². The van der Waals surface area contributed by atoms with Gasteiger partial charge in [-0.3, -0.25) is 19.3 Å². The first kappa shape index (κ1) is 15.5. The van der Waals surface area contributed by atoms with Gasteiger partial charge >= 0.3 is 0 Å². The number of nitrogens with one attached hydrogen (secondary N) is 1. The quantitative estimate of drug-likeness (QED) is 0.658. The highest BCUT2D eigenvalue weighted by Crippen LogP contribution is 2.28. The molecule has 3 amide bonds. The topological polar surface area (TPSA) is 95.9 Å². The van der Waals surface area contributed by atoms with Crippen LogP contribution in [-0.2, 0) is 4.79 Å². The van der Waals surface area contributed by atoms with Crippen molar-refractivity contribution in [2.24, 2.45) is 0 Å². The maximum atomic E-state index is 12.2. The number of carbonyl (C=O) groups excluding carboxylic acids is 3. The Morgan fingerprint density at radius 1 is 1.12 bits per heavy atom. The second kappa shape index (κ2) is 6.04. The van der Waals surface area contributed by atoms with Crippen LogP contribution in [0.2, 0.25) is 0 Å². The molecule has 0 bridgehead atoms. The van der Waals surface area contributed by atoms with Gasteiger partial charge in [0.25, 0.3) is 11.8 Å². The van der Waals surface area contributed by atoms with Crippen LogP contribution in [-0.4, -0.2) is 41.4 Å². The zero-order chi connectivity index (χ0) is 17.3. The van der Waals surface area contributed by atoms with E-state index >= 15 is 0 Å². The van der Waals surface area contributed by atoms with Gasteiger partial charge in [0.05, 0.1) is 18.2 Å². The van der Waals surface area contributed by atoms with Crippen LogP contribution < -0.4 is 10.1 Å².